The van der Waals surface area contributed by atoms with E-state index >= 15 is 0 Å². The molecule has 0 bridgehead atoms. The lowest BCUT2D eigenvalue weighted by Gasteiger charge is -2.36. The third-order valence-corrected chi connectivity index (χ3v) is 5.33. The van der Waals surface area contributed by atoms with E-state index in [0.717, 1.165) is 25.3 Å². The van der Waals surface area contributed by atoms with Crippen molar-refractivity contribution in [2.75, 3.05) is 25.0 Å². The van der Waals surface area contributed by atoms with Crippen molar-refractivity contribution in [3.8, 4) is 6.07 Å². The third kappa shape index (κ3) is 4.97. The molecule has 2 atom stereocenters. The Balaban J connectivity index is 1.74. The standard InChI is InChI=1S/C21H28N4O4/c1-20(2,3)13-24-14-21(29-19(24)26)8-4-5-16(10-21)12-23-17-9-15(11-22)6-7-18(17)25(27)28/h6-7,9,16,23H,4-5,8,10,12-14H2,1-3H3/t16-,21-/m0/s1/i7D,9D. The lowest BCUT2D eigenvalue weighted by molar-refractivity contribution is -0.384. The number of carbonyl (C=O) groups excluding carboxylic acids is 1. The molecule has 8 heteroatoms. The summed E-state index contributed by atoms with van der Waals surface area (Å²) in [7, 11) is 0. The first-order valence-corrected chi connectivity index (χ1v) is 9.85. The lowest BCUT2D eigenvalue weighted by Crippen LogP contribution is -2.42. The zero-order valence-electron chi connectivity index (χ0n) is 19.1. The molecule has 1 saturated carbocycles. The van der Waals surface area contributed by atoms with Gasteiger partial charge in [0, 0.05) is 19.1 Å². The molecule has 2 aliphatic rings. The maximum atomic E-state index is 12.4. The van der Waals surface area contributed by atoms with E-state index in [1.165, 1.54) is 0 Å². The maximum absolute atomic E-state index is 12.4. The van der Waals surface area contributed by atoms with Crippen LogP contribution in [0.1, 0.15) is 54.8 Å². The minimum absolute atomic E-state index is 0.0383. The van der Waals surface area contributed by atoms with Crippen LogP contribution in [0, 0.1) is 32.8 Å². The Bertz CT molecular complexity index is 941. The number of carbonyl (C=O) groups is 1. The van der Waals surface area contributed by atoms with Crippen molar-refractivity contribution in [3.63, 3.8) is 0 Å². The summed E-state index contributed by atoms with van der Waals surface area (Å²) in [5.41, 5.74) is -1.29. The molecule has 1 amide bonds. The van der Waals surface area contributed by atoms with Crippen LogP contribution in [0.4, 0.5) is 16.2 Å². The Hall–Kier alpha value is -2.82. The van der Waals surface area contributed by atoms with Crippen molar-refractivity contribution >= 4 is 17.5 Å². The van der Waals surface area contributed by atoms with Gasteiger partial charge in [-0.3, -0.25) is 10.1 Å². The van der Waals surface area contributed by atoms with Crippen LogP contribution in [0.2, 0.25) is 0 Å². The highest BCUT2D eigenvalue weighted by atomic mass is 16.6. The highest BCUT2D eigenvalue weighted by Gasteiger charge is 2.48. The fraction of sp³-hybridized carbons (Fsp3) is 0.619. The molecule has 1 aromatic rings. The van der Waals surface area contributed by atoms with Gasteiger partial charge in [0.15, 0.2) is 0 Å². The Morgan fingerprint density at radius 3 is 2.97 bits per heavy atom. The van der Waals surface area contributed by atoms with Crippen molar-refractivity contribution in [3.05, 3.63) is 33.8 Å². The van der Waals surface area contributed by atoms with Crippen molar-refractivity contribution in [1.29, 1.82) is 5.26 Å². The summed E-state index contributed by atoms with van der Waals surface area (Å²) in [5.74, 6) is 0.0788. The van der Waals surface area contributed by atoms with Crippen LogP contribution in [0.5, 0.6) is 0 Å². The molecule has 29 heavy (non-hydrogen) atoms. The lowest BCUT2D eigenvalue weighted by atomic mass is 9.77. The second-order valence-electron chi connectivity index (χ2n) is 9.23. The quantitative estimate of drug-likeness (QED) is 0.581. The number of hydrogen-bond donors (Lipinski definition) is 1. The molecule has 1 aliphatic carbocycles. The van der Waals surface area contributed by atoms with Crippen LogP contribution in [-0.4, -0.2) is 41.2 Å². The van der Waals surface area contributed by atoms with Crippen molar-refractivity contribution in [2.45, 2.75) is 52.1 Å². The number of amides is 1. The molecule has 1 spiro atoms. The summed E-state index contributed by atoms with van der Waals surface area (Å²) in [6.45, 7) is 7.68. The highest BCUT2D eigenvalue weighted by molar-refractivity contribution is 5.71. The number of benzene rings is 1. The minimum Gasteiger partial charge on any atom is -0.441 e. The van der Waals surface area contributed by atoms with Gasteiger partial charge in [-0.2, -0.15) is 5.26 Å². The van der Waals surface area contributed by atoms with Crippen molar-refractivity contribution < 1.29 is 17.2 Å². The van der Waals surface area contributed by atoms with Gasteiger partial charge in [0.25, 0.3) is 5.69 Å². The topological polar surface area (TPSA) is 108 Å². The molecular weight excluding hydrogens is 372 g/mol. The van der Waals surface area contributed by atoms with Gasteiger partial charge in [-0.1, -0.05) is 20.8 Å². The molecule has 1 saturated heterocycles. The molecule has 3 rings (SSSR count). The second-order valence-corrected chi connectivity index (χ2v) is 9.23. The number of nitrogens with one attached hydrogen (secondary N) is 1. The first kappa shape index (κ1) is 18.2. The number of nitro benzene ring substituents is 1. The van der Waals surface area contributed by atoms with Crippen LogP contribution in [0.15, 0.2) is 18.2 Å². The highest BCUT2D eigenvalue weighted by Crippen LogP contribution is 2.41. The average molecular weight is 402 g/mol. The van der Waals surface area contributed by atoms with E-state index in [2.05, 4.69) is 26.1 Å². The van der Waals surface area contributed by atoms with E-state index in [0.29, 0.717) is 26.1 Å². The largest absolute Gasteiger partial charge is 0.441 e. The molecule has 156 valence electrons. The zero-order chi connectivity index (χ0) is 23.0. The van der Waals surface area contributed by atoms with Crippen LogP contribution in [0.25, 0.3) is 0 Å². The Morgan fingerprint density at radius 2 is 2.31 bits per heavy atom. The normalized spacial score (nSPS) is 25.2. The molecule has 1 N–H and O–H groups in total. The first-order valence-electron chi connectivity index (χ1n) is 10.9. The van der Waals surface area contributed by atoms with Gasteiger partial charge in [-0.25, -0.2) is 4.79 Å². The van der Waals surface area contributed by atoms with Crippen LogP contribution in [-0.2, 0) is 4.74 Å². The van der Waals surface area contributed by atoms with Crippen LogP contribution >= 0.6 is 0 Å². The molecule has 1 aromatic carbocycles. The number of nitrogens with zero attached hydrogens (tertiary/aromatic N) is 3. The Labute approximate surface area is 173 Å². The van der Waals surface area contributed by atoms with Crippen LogP contribution < -0.4 is 5.32 Å². The Morgan fingerprint density at radius 1 is 1.55 bits per heavy atom. The van der Waals surface area contributed by atoms with Crippen LogP contribution in [0.3, 0.4) is 0 Å². The predicted octanol–water partition coefficient (Wildman–Crippen LogP) is 4.31. The molecule has 0 unspecified atom stereocenters. The molecule has 2 fully saturated rings. The maximum Gasteiger partial charge on any atom is 0.410 e. The monoisotopic (exact) mass is 402 g/mol. The summed E-state index contributed by atoms with van der Waals surface area (Å²) < 4.78 is 21.8. The molecule has 1 heterocycles. The van der Waals surface area contributed by atoms with Gasteiger partial charge in [-0.05, 0) is 49.1 Å². The number of rotatable bonds is 5. The van der Waals surface area contributed by atoms with Crippen molar-refractivity contribution in [2.24, 2.45) is 11.3 Å². The molecule has 0 radical (unpaired) electrons. The molecule has 8 nitrogen and oxygen atoms in total. The molecule has 1 aliphatic heterocycles. The summed E-state index contributed by atoms with van der Waals surface area (Å²) >= 11 is 0. The summed E-state index contributed by atoms with van der Waals surface area (Å²) in [4.78, 5) is 24.9. The Kier molecular flexibility index (Phi) is 4.96. The summed E-state index contributed by atoms with van der Waals surface area (Å²) in [5, 5.41) is 23.6. The van der Waals surface area contributed by atoms with Gasteiger partial charge in [-0.15, -0.1) is 0 Å². The number of ether oxygens (including phenoxy) is 1. The number of nitro groups is 1. The van der Waals surface area contributed by atoms with Gasteiger partial charge >= 0.3 is 6.09 Å². The average Bonchev–Trinajstić information content (AvgIpc) is 2.94. The molecule has 0 aromatic heterocycles. The van der Waals surface area contributed by atoms with E-state index in [9.17, 15) is 20.2 Å². The van der Waals surface area contributed by atoms with Gasteiger partial charge in [0.2, 0.25) is 0 Å². The fourth-order valence-corrected chi connectivity index (χ4v) is 4.26. The number of nitriles is 1. The van der Waals surface area contributed by atoms with Crippen molar-refractivity contribution in [1.82, 2.24) is 4.90 Å². The first-order chi connectivity index (χ1) is 14.4. The zero-order valence-corrected chi connectivity index (χ0v) is 17.1. The van der Waals surface area contributed by atoms with E-state index in [-0.39, 0.29) is 34.7 Å². The number of hydrogen-bond acceptors (Lipinski definition) is 6. The smallest absolute Gasteiger partial charge is 0.410 e. The van der Waals surface area contributed by atoms with Gasteiger partial charge in [0.05, 0.1) is 25.8 Å². The summed E-state index contributed by atoms with van der Waals surface area (Å²) in [6, 6.07) is 2.18. The third-order valence-electron chi connectivity index (χ3n) is 5.33. The van der Waals surface area contributed by atoms with E-state index in [1.807, 2.05) is 6.07 Å². The van der Waals surface area contributed by atoms with Gasteiger partial charge in [0.1, 0.15) is 11.3 Å². The fourth-order valence-electron chi connectivity index (χ4n) is 4.26. The van der Waals surface area contributed by atoms with E-state index in [1.54, 1.807) is 4.90 Å². The van der Waals surface area contributed by atoms with E-state index < -0.39 is 22.3 Å². The number of anilines is 1. The predicted molar refractivity (Wildman–Crippen MR) is 108 cm³/mol. The van der Waals surface area contributed by atoms with Gasteiger partial charge < -0.3 is 15.0 Å². The minimum atomic E-state index is -0.699. The SMILES string of the molecule is [2H]c1cc(C#N)c([2H])c(NC[C@H]2CCC[C@]3(C2)CN(CC(C)(C)C)C(=O)O3)c1[N+](=O)[O-]. The molecular formula is C21H28N4O4. The second kappa shape index (κ2) is 7.90. The van der Waals surface area contributed by atoms with E-state index in [4.69, 9.17) is 7.48 Å². The summed E-state index contributed by atoms with van der Waals surface area (Å²) in [6.07, 6.45) is 2.83.